The zero-order valence-corrected chi connectivity index (χ0v) is 14.4. The SMILES string of the molecule is CC(C)(O)c1ccc(-c2cnc3[nH]cc(C=C(C#N)C(N)=O)c3c2)cc1. The molecule has 0 fully saturated rings. The number of nitrogens with one attached hydrogen (secondary N) is 1. The minimum absolute atomic E-state index is 0.120. The van der Waals surface area contributed by atoms with Gasteiger partial charge < -0.3 is 15.8 Å². The Morgan fingerprint density at radius 2 is 2.00 bits per heavy atom. The van der Waals surface area contributed by atoms with E-state index in [1.165, 1.54) is 6.08 Å². The molecule has 0 saturated carbocycles. The lowest BCUT2D eigenvalue weighted by Crippen LogP contribution is -2.14. The summed E-state index contributed by atoms with van der Waals surface area (Å²) in [6.45, 7) is 3.47. The third-order valence-electron chi connectivity index (χ3n) is 4.17. The molecule has 2 aromatic heterocycles. The summed E-state index contributed by atoms with van der Waals surface area (Å²) in [6, 6.07) is 11.3. The van der Waals surface area contributed by atoms with Crippen LogP contribution in [0.5, 0.6) is 0 Å². The first-order valence-corrected chi connectivity index (χ1v) is 8.01. The van der Waals surface area contributed by atoms with Crippen LogP contribution in [0.3, 0.4) is 0 Å². The maximum absolute atomic E-state index is 11.3. The van der Waals surface area contributed by atoms with E-state index in [1.54, 1.807) is 32.3 Å². The molecule has 4 N–H and O–H groups in total. The highest BCUT2D eigenvalue weighted by Gasteiger charge is 2.15. The van der Waals surface area contributed by atoms with E-state index in [0.29, 0.717) is 11.2 Å². The summed E-state index contributed by atoms with van der Waals surface area (Å²) in [5.41, 5.74) is 8.14. The Morgan fingerprint density at radius 3 is 2.58 bits per heavy atom. The Morgan fingerprint density at radius 1 is 1.31 bits per heavy atom. The van der Waals surface area contributed by atoms with Crippen LogP contribution in [0.2, 0.25) is 0 Å². The third kappa shape index (κ3) is 3.34. The molecule has 3 rings (SSSR count). The Balaban J connectivity index is 2.06. The molecular weight excluding hydrogens is 328 g/mol. The molecule has 1 amide bonds. The molecular formula is C20H18N4O2. The number of H-pyrrole nitrogens is 1. The fourth-order valence-corrected chi connectivity index (χ4v) is 2.69. The van der Waals surface area contributed by atoms with E-state index in [1.807, 2.05) is 30.3 Å². The van der Waals surface area contributed by atoms with Crippen molar-refractivity contribution in [1.29, 1.82) is 5.26 Å². The predicted molar refractivity (Wildman–Crippen MR) is 99.6 cm³/mol. The van der Waals surface area contributed by atoms with Crippen LogP contribution in [-0.2, 0) is 10.4 Å². The number of aromatic nitrogens is 2. The number of fused-ring (bicyclic) bond motifs is 1. The fraction of sp³-hybridized carbons (Fsp3) is 0.150. The molecule has 0 aliphatic heterocycles. The number of nitrogens with zero attached hydrogens (tertiary/aromatic N) is 2. The van der Waals surface area contributed by atoms with Crippen molar-refractivity contribution in [3.63, 3.8) is 0 Å². The first kappa shape index (κ1) is 17.4. The van der Waals surface area contributed by atoms with Crippen molar-refractivity contribution in [3.05, 3.63) is 59.4 Å². The van der Waals surface area contributed by atoms with E-state index in [9.17, 15) is 9.90 Å². The lowest BCUT2D eigenvalue weighted by molar-refractivity contribution is -0.114. The maximum Gasteiger partial charge on any atom is 0.259 e. The van der Waals surface area contributed by atoms with E-state index < -0.39 is 11.5 Å². The molecule has 0 radical (unpaired) electrons. The molecule has 0 saturated heterocycles. The average molecular weight is 346 g/mol. The van der Waals surface area contributed by atoms with Gasteiger partial charge in [0.2, 0.25) is 0 Å². The molecule has 6 heteroatoms. The first-order valence-electron chi connectivity index (χ1n) is 8.01. The Bertz CT molecular complexity index is 1050. The fourth-order valence-electron chi connectivity index (χ4n) is 2.69. The highest BCUT2D eigenvalue weighted by Crippen LogP contribution is 2.28. The smallest absolute Gasteiger partial charge is 0.259 e. The van der Waals surface area contributed by atoms with Crippen LogP contribution in [0, 0.1) is 11.3 Å². The van der Waals surface area contributed by atoms with Crippen molar-refractivity contribution >= 4 is 23.0 Å². The van der Waals surface area contributed by atoms with Crippen molar-refractivity contribution in [1.82, 2.24) is 9.97 Å². The van der Waals surface area contributed by atoms with Crippen LogP contribution >= 0.6 is 0 Å². The van der Waals surface area contributed by atoms with Gasteiger partial charge in [0.15, 0.2) is 0 Å². The van der Waals surface area contributed by atoms with E-state index in [-0.39, 0.29) is 5.57 Å². The van der Waals surface area contributed by atoms with Gasteiger partial charge in [-0.25, -0.2) is 4.98 Å². The van der Waals surface area contributed by atoms with Gasteiger partial charge in [0.25, 0.3) is 5.91 Å². The van der Waals surface area contributed by atoms with Gasteiger partial charge in [-0.05, 0) is 37.1 Å². The quantitative estimate of drug-likeness (QED) is 0.497. The second kappa shape index (κ2) is 6.47. The molecule has 0 unspecified atom stereocenters. The number of rotatable bonds is 4. The number of hydrogen-bond acceptors (Lipinski definition) is 4. The number of hydrogen-bond donors (Lipinski definition) is 3. The summed E-state index contributed by atoms with van der Waals surface area (Å²) in [5, 5.41) is 19.9. The van der Waals surface area contributed by atoms with Gasteiger partial charge in [0, 0.05) is 28.9 Å². The third-order valence-corrected chi connectivity index (χ3v) is 4.17. The highest BCUT2D eigenvalue weighted by molar-refractivity contribution is 6.03. The van der Waals surface area contributed by atoms with E-state index in [0.717, 1.165) is 22.1 Å². The topological polar surface area (TPSA) is 116 Å². The standard InChI is InChI=1S/C20H18N4O2/c1-20(2,26)16-5-3-12(4-6-16)14-8-17-15(7-13(9-21)18(22)25)11-24-19(17)23-10-14/h3-8,10-11,26H,1-2H3,(H2,22,25)(H,23,24). The van der Waals surface area contributed by atoms with Crippen LogP contribution in [0.15, 0.2) is 48.3 Å². The number of carbonyl (C=O) groups excluding carboxylic acids is 1. The summed E-state index contributed by atoms with van der Waals surface area (Å²) in [7, 11) is 0. The van der Waals surface area contributed by atoms with Crippen LogP contribution in [0.25, 0.3) is 28.2 Å². The van der Waals surface area contributed by atoms with Crippen LogP contribution in [0.4, 0.5) is 0 Å². The van der Waals surface area contributed by atoms with Gasteiger partial charge in [-0.2, -0.15) is 5.26 Å². The van der Waals surface area contributed by atoms with E-state index in [4.69, 9.17) is 11.0 Å². The molecule has 0 spiro atoms. The van der Waals surface area contributed by atoms with Crippen LogP contribution in [0.1, 0.15) is 25.0 Å². The molecule has 0 atom stereocenters. The van der Waals surface area contributed by atoms with Crippen molar-refractivity contribution < 1.29 is 9.90 Å². The lowest BCUT2D eigenvalue weighted by atomic mass is 9.95. The zero-order valence-electron chi connectivity index (χ0n) is 14.4. The van der Waals surface area contributed by atoms with E-state index >= 15 is 0 Å². The number of amides is 1. The second-order valence-corrected chi connectivity index (χ2v) is 6.53. The number of aromatic amines is 1. The van der Waals surface area contributed by atoms with Gasteiger partial charge in [-0.1, -0.05) is 24.3 Å². The lowest BCUT2D eigenvalue weighted by Gasteiger charge is -2.17. The molecule has 130 valence electrons. The zero-order chi connectivity index (χ0) is 18.9. The van der Waals surface area contributed by atoms with Gasteiger partial charge in [-0.15, -0.1) is 0 Å². The van der Waals surface area contributed by atoms with E-state index in [2.05, 4.69) is 9.97 Å². The number of pyridine rings is 1. The van der Waals surface area contributed by atoms with Crippen molar-refractivity contribution in [3.8, 4) is 17.2 Å². The minimum Gasteiger partial charge on any atom is -0.386 e. The van der Waals surface area contributed by atoms with Crippen molar-refractivity contribution in [2.75, 3.05) is 0 Å². The monoisotopic (exact) mass is 346 g/mol. The van der Waals surface area contributed by atoms with Crippen LogP contribution < -0.4 is 5.73 Å². The Hall–Kier alpha value is -3.43. The highest BCUT2D eigenvalue weighted by atomic mass is 16.3. The number of nitriles is 1. The number of carbonyl (C=O) groups is 1. The number of nitrogens with two attached hydrogens (primary N) is 1. The van der Waals surface area contributed by atoms with Crippen LogP contribution in [-0.4, -0.2) is 21.0 Å². The van der Waals surface area contributed by atoms with Crippen molar-refractivity contribution in [2.45, 2.75) is 19.4 Å². The molecule has 1 aromatic carbocycles. The summed E-state index contributed by atoms with van der Waals surface area (Å²) >= 11 is 0. The van der Waals surface area contributed by atoms with Gasteiger partial charge >= 0.3 is 0 Å². The summed E-state index contributed by atoms with van der Waals surface area (Å²) < 4.78 is 0. The van der Waals surface area contributed by atoms with Crippen molar-refractivity contribution in [2.24, 2.45) is 5.73 Å². The summed E-state index contributed by atoms with van der Waals surface area (Å²) in [4.78, 5) is 18.7. The molecule has 0 aliphatic carbocycles. The molecule has 6 nitrogen and oxygen atoms in total. The Kier molecular flexibility index (Phi) is 4.33. The minimum atomic E-state index is -0.901. The summed E-state index contributed by atoms with van der Waals surface area (Å²) in [5.74, 6) is -0.770. The molecule has 2 heterocycles. The normalized spacial score (nSPS) is 12.2. The summed E-state index contributed by atoms with van der Waals surface area (Å²) in [6.07, 6.45) is 4.87. The van der Waals surface area contributed by atoms with Gasteiger partial charge in [0.05, 0.1) is 5.60 Å². The predicted octanol–water partition coefficient (Wildman–Crippen LogP) is 2.85. The number of primary amides is 1. The Labute approximate surface area is 150 Å². The molecule has 3 aromatic rings. The first-order chi connectivity index (χ1) is 12.3. The number of benzene rings is 1. The molecule has 26 heavy (non-hydrogen) atoms. The van der Waals surface area contributed by atoms with Gasteiger partial charge in [0.1, 0.15) is 17.3 Å². The largest absolute Gasteiger partial charge is 0.386 e. The second-order valence-electron chi connectivity index (χ2n) is 6.53. The maximum atomic E-state index is 11.3. The molecule has 0 aliphatic rings. The van der Waals surface area contributed by atoms with Gasteiger partial charge in [-0.3, -0.25) is 4.79 Å². The number of aliphatic hydroxyl groups is 1. The average Bonchev–Trinajstić information content (AvgIpc) is 3.00. The molecule has 0 bridgehead atoms.